The largest absolute Gasteiger partial charge is 0.398 e. The molecule has 0 aliphatic carbocycles. The second-order valence-electron chi connectivity index (χ2n) is 3.88. The molecule has 2 rings (SSSR count). The lowest BCUT2D eigenvalue weighted by molar-refractivity contribution is 0.102. The minimum atomic E-state index is -0.229. The van der Waals surface area contributed by atoms with Gasteiger partial charge in [0.25, 0.3) is 5.91 Å². The van der Waals surface area contributed by atoms with Crippen molar-refractivity contribution >= 4 is 28.9 Å². The third-order valence-electron chi connectivity index (χ3n) is 2.53. The Morgan fingerprint density at radius 1 is 1.39 bits per heavy atom. The molecule has 0 unspecified atom stereocenters. The minimum absolute atomic E-state index is 0.229. The van der Waals surface area contributed by atoms with E-state index in [-0.39, 0.29) is 5.91 Å². The van der Waals surface area contributed by atoms with Crippen LogP contribution in [0.4, 0.5) is 11.4 Å². The maximum atomic E-state index is 12.0. The van der Waals surface area contributed by atoms with E-state index < -0.39 is 0 Å². The Kier molecular flexibility index (Phi) is 3.48. The van der Waals surface area contributed by atoms with Crippen LogP contribution in [0, 0.1) is 6.92 Å². The zero-order valence-electron chi connectivity index (χ0n) is 9.77. The molecule has 0 radical (unpaired) electrons. The molecule has 0 saturated heterocycles. The summed E-state index contributed by atoms with van der Waals surface area (Å²) in [6, 6.07) is 6.52. The summed E-state index contributed by atoms with van der Waals surface area (Å²) in [4.78, 5) is 16.0. The molecule has 18 heavy (non-hydrogen) atoms. The molecule has 1 aromatic carbocycles. The average Bonchev–Trinajstić information content (AvgIpc) is 2.35. The zero-order valence-corrected chi connectivity index (χ0v) is 10.5. The lowest BCUT2D eigenvalue weighted by Crippen LogP contribution is -2.13. The molecule has 0 aliphatic rings. The predicted octanol–water partition coefficient (Wildman–Crippen LogP) is 2.88. The number of pyridine rings is 1. The summed E-state index contributed by atoms with van der Waals surface area (Å²) in [5, 5.41) is 3.23. The number of rotatable bonds is 2. The van der Waals surface area contributed by atoms with Gasteiger partial charge >= 0.3 is 0 Å². The fourth-order valence-corrected chi connectivity index (χ4v) is 1.61. The molecule has 0 saturated carbocycles. The summed E-state index contributed by atoms with van der Waals surface area (Å²) in [6.07, 6.45) is 3.31. The van der Waals surface area contributed by atoms with Crippen molar-refractivity contribution in [3.63, 3.8) is 0 Å². The van der Waals surface area contributed by atoms with E-state index in [1.54, 1.807) is 36.7 Å². The molecule has 1 heterocycles. The summed E-state index contributed by atoms with van der Waals surface area (Å²) < 4.78 is 0. The molecule has 0 fully saturated rings. The number of anilines is 2. The SMILES string of the molecule is Cc1cnccc1NC(=O)c1ccc(Cl)c(N)c1. The molecule has 5 heteroatoms. The topological polar surface area (TPSA) is 68.0 Å². The number of nitrogen functional groups attached to an aromatic ring is 1. The number of amides is 1. The first-order valence-electron chi connectivity index (χ1n) is 5.35. The van der Waals surface area contributed by atoms with Crippen molar-refractivity contribution in [2.45, 2.75) is 6.92 Å². The first-order valence-corrected chi connectivity index (χ1v) is 5.72. The number of carbonyl (C=O) groups excluding carboxylic acids is 1. The van der Waals surface area contributed by atoms with Gasteiger partial charge in [-0.2, -0.15) is 0 Å². The highest BCUT2D eigenvalue weighted by Gasteiger charge is 2.09. The monoisotopic (exact) mass is 261 g/mol. The Balaban J connectivity index is 2.22. The fraction of sp³-hybridized carbons (Fsp3) is 0.0769. The highest BCUT2D eigenvalue weighted by molar-refractivity contribution is 6.33. The number of hydrogen-bond donors (Lipinski definition) is 2. The molecule has 92 valence electrons. The highest BCUT2D eigenvalue weighted by Crippen LogP contribution is 2.20. The van der Waals surface area contributed by atoms with E-state index in [2.05, 4.69) is 10.3 Å². The molecule has 0 atom stereocenters. The summed E-state index contributed by atoms with van der Waals surface area (Å²) in [7, 11) is 0. The van der Waals surface area contributed by atoms with E-state index in [1.807, 2.05) is 6.92 Å². The summed E-state index contributed by atoms with van der Waals surface area (Å²) in [5.41, 5.74) is 8.13. The van der Waals surface area contributed by atoms with Gasteiger partial charge in [-0.15, -0.1) is 0 Å². The van der Waals surface area contributed by atoms with Crippen LogP contribution in [-0.2, 0) is 0 Å². The van der Waals surface area contributed by atoms with E-state index in [0.29, 0.717) is 16.3 Å². The highest BCUT2D eigenvalue weighted by atomic mass is 35.5. The Morgan fingerprint density at radius 3 is 2.83 bits per heavy atom. The second-order valence-corrected chi connectivity index (χ2v) is 4.29. The van der Waals surface area contributed by atoms with E-state index in [9.17, 15) is 4.79 Å². The van der Waals surface area contributed by atoms with Crippen molar-refractivity contribution < 1.29 is 4.79 Å². The normalized spacial score (nSPS) is 10.1. The predicted molar refractivity (Wildman–Crippen MR) is 72.8 cm³/mol. The maximum absolute atomic E-state index is 12.0. The van der Waals surface area contributed by atoms with E-state index in [4.69, 9.17) is 17.3 Å². The molecular formula is C13H12ClN3O. The van der Waals surface area contributed by atoms with Crippen molar-refractivity contribution in [2.75, 3.05) is 11.1 Å². The number of aryl methyl sites for hydroxylation is 1. The van der Waals surface area contributed by atoms with E-state index >= 15 is 0 Å². The van der Waals surface area contributed by atoms with Gasteiger partial charge in [0.1, 0.15) is 0 Å². The number of nitrogens with two attached hydrogens (primary N) is 1. The van der Waals surface area contributed by atoms with Crippen LogP contribution in [0.15, 0.2) is 36.7 Å². The third kappa shape index (κ3) is 2.60. The van der Waals surface area contributed by atoms with E-state index in [0.717, 1.165) is 11.3 Å². The number of hydrogen-bond acceptors (Lipinski definition) is 3. The van der Waals surface area contributed by atoms with Crippen molar-refractivity contribution in [1.29, 1.82) is 0 Å². The van der Waals surface area contributed by atoms with Crippen LogP contribution in [0.2, 0.25) is 5.02 Å². The average molecular weight is 262 g/mol. The molecule has 0 bridgehead atoms. The zero-order chi connectivity index (χ0) is 13.1. The van der Waals surface area contributed by atoms with Crippen molar-refractivity contribution in [3.8, 4) is 0 Å². The lowest BCUT2D eigenvalue weighted by Gasteiger charge is -2.08. The van der Waals surface area contributed by atoms with Gasteiger partial charge < -0.3 is 11.1 Å². The molecule has 0 aliphatic heterocycles. The summed E-state index contributed by atoms with van der Waals surface area (Å²) >= 11 is 5.81. The quantitative estimate of drug-likeness (QED) is 0.817. The maximum Gasteiger partial charge on any atom is 0.255 e. The molecule has 2 aromatic rings. The standard InChI is InChI=1S/C13H12ClN3O/c1-8-7-16-5-4-12(8)17-13(18)9-2-3-10(14)11(15)6-9/h2-7H,15H2,1H3,(H,16,17,18). The van der Waals surface area contributed by atoms with Gasteiger partial charge in [-0.1, -0.05) is 11.6 Å². The number of halogens is 1. The molecule has 4 nitrogen and oxygen atoms in total. The van der Waals surface area contributed by atoms with Gasteiger partial charge in [-0.25, -0.2) is 0 Å². The third-order valence-corrected chi connectivity index (χ3v) is 2.87. The number of nitrogens with one attached hydrogen (secondary N) is 1. The van der Waals surface area contributed by atoms with E-state index in [1.165, 1.54) is 0 Å². The van der Waals surface area contributed by atoms with Crippen LogP contribution in [0.25, 0.3) is 0 Å². The number of carbonyl (C=O) groups is 1. The minimum Gasteiger partial charge on any atom is -0.398 e. The Bertz CT molecular complexity index is 599. The Hall–Kier alpha value is -2.07. The van der Waals surface area contributed by atoms with Crippen LogP contribution < -0.4 is 11.1 Å². The molecule has 0 spiro atoms. The van der Waals surface area contributed by atoms with Gasteiger partial charge in [0.2, 0.25) is 0 Å². The lowest BCUT2D eigenvalue weighted by atomic mass is 10.1. The van der Waals surface area contributed by atoms with Crippen LogP contribution in [0.1, 0.15) is 15.9 Å². The Morgan fingerprint density at radius 2 is 2.17 bits per heavy atom. The van der Waals surface area contributed by atoms with Gasteiger partial charge in [0, 0.05) is 23.6 Å². The van der Waals surface area contributed by atoms with Gasteiger partial charge in [-0.3, -0.25) is 9.78 Å². The summed E-state index contributed by atoms with van der Waals surface area (Å²) in [5.74, 6) is -0.229. The van der Waals surface area contributed by atoms with Crippen LogP contribution >= 0.6 is 11.6 Å². The fourth-order valence-electron chi connectivity index (χ4n) is 1.49. The molecule has 1 aromatic heterocycles. The van der Waals surface area contributed by atoms with Crippen molar-refractivity contribution in [1.82, 2.24) is 4.98 Å². The Labute approximate surface area is 110 Å². The van der Waals surface area contributed by atoms with Crippen LogP contribution in [0.5, 0.6) is 0 Å². The number of nitrogens with zero attached hydrogens (tertiary/aromatic N) is 1. The van der Waals surface area contributed by atoms with Gasteiger partial charge in [0.05, 0.1) is 10.7 Å². The first-order chi connectivity index (χ1) is 8.58. The number of aromatic nitrogens is 1. The smallest absolute Gasteiger partial charge is 0.255 e. The van der Waals surface area contributed by atoms with Gasteiger partial charge in [0.15, 0.2) is 0 Å². The van der Waals surface area contributed by atoms with Crippen LogP contribution in [-0.4, -0.2) is 10.9 Å². The molecular weight excluding hydrogens is 250 g/mol. The molecule has 3 N–H and O–H groups in total. The first kappa shape index (κ1) is 12.4. The summed E-state index contributed by atoms with van der Waals surface area (Å²) in [6.45, 7) is 1.87. The van der Waals surface area contributed by atoms with Crippen molar-refractivity contribution in [3.05, 3.63) is 52.8 Å². The van der Waals surface area contributed by atoms with Crippen molar-refractivity contribution in [2.24, 2.45) is 0 Å². The molecule has 1 amide bonds. The number of benzene rings is 1. The van der Waals surface area contributed by atoms with Crippen LogP contribution in [0.3, 0.4) is 0 Å². The van der Waals surface area contributed by atoms with Gasteiger partial charge in [-0.05, 0) is 36.8 Å². The second kappa shape index (κ2) is 5.06.